The molecule has 0 aliphatic rings. The third-order valence-electron chi connectivity index (χ3n) is 6.65. The molecule has 0 aliphatic carbocycles. The molecular formula is C36H30FN5O6S2. The molecule has 0 bridgehead atoms. The second-order valence-electron chi connectivity index (χ2n) is 9.99. The number of benzene rings is 4. The molecule has 6 aromatic rings. The zero-order chi connectivity index (χ0) is 34.9. The lowest BCUT2D eigenvalue weighted by atomic mass is 10.1. The fraction of sp³-hybridized carbons (Fsp3) is 0.139. The van der Waals surface area contributed by atoms with Crippen molar-refractivity contribution in [3.8, 4) is 35.2 Å². The number of thiazole rings is 2. The Kier molecular flexibility index (Phi) is 12.4. The number of nitrogens with one attached hydrogen (secondary N) is 1. The fourth-order valence-corrected chi connectivity index (χ4v) is 5.99. The molecule has 11 nitrogen and oxygen atoms in total. The zero-order valence-corrected chi connectivity index (χ0v) is 27.8. The number of phenols is 1. The van der Waals surface area contributed by atoms with Crippen LogP contribution in [0, 0.1) is 39.6 Å². The van der Waals surface area contributed by atoms with Gasteiger partial charge in [-0.15, -0.1) is 22.7 Å². The summed E-state index contributed by atoms with van der Waals surface area (Å²) in [5, 5.41) is 24.7. The quantitative estimate of drug-likeness (QED) is 0.0570. The number of nitro groups is 1. The van der Waals surface area contributed by atoms with E-state index in [2.05, 4.69) is 39.0 Å². The maximum atomic E-state index is 13.6. The van der Waals surface area contributed by atoms with E-state index in [1.807, 2.05) is 12.1 Å². The van der Waals surface area contributed by atoms with E-state index in [-0.39, 0.29) is 37.2 Å². The predicted octanol–water partition coefficient (Wildman–Crippen LogP) is 7.40. The predicted molar refractivity (Wildman–Crippen MR) is 196 cm³/mol. The Morgan fingerprint density at radius 3 is 2.16 bits per heavy atom. The molecule has 2 N–H and O–H groups in total. The first-order valence-electron chi connectivity index (χ1n) is 14.3. The summed E-state index contributed by atoms with van der Waals surface area (Å²) in [5.74, 6) is 12.2. The summed E-state index contributed by atoms with van der Waals surface area (Å²) in [7, 11) is 4.67. The summed E-state index contributed by atoms with van der Waals surface area (Å²) in [6, 6.07) is 19.7. The van der Waals surface area contributed by atoms with Crippen molar-refractivity contribution in [2.24, 2.45) is 0 Å². The van der Waals surface area contributed by atoms with Crippen molar-refractivity contribution in [2.75, 3.05) is 38.2 Å². The number of hydrogen-bond donors (Lipinski definition) is 2. The van der Waals surface area contributed by atoms with Crippen molar-refractivity contribution in [1.82, 2.24) is 9.97 Å². The van der Waals surface area contributed by atoms with Crippen molar-refractivity contribution < 1.29 is 28.7 Å². The Morgan fingerprint density at radius 2 is 1.56 bits per heavy atom. The molecule has 0 radical (unpaired) electrons. The molecule has 1 amide bonds. The third kappa shape index (κ3) is 9.09. The van der Waals surface area contributed by atoms with Crippen LogP contribution < -0.4 is 15.0 Å². The lowest BCUT2D eigenvalue weighted by molar-refractivity contribution is -0.384. The number of aromatic hydroxyl groups is 1. The van der Waals surface area contributed by atoms with Crippen LogP contribution in [-0.2, 0) is 9.53 Å². The highest BCUT2D eigenvalue weighted by atomic mass is 32.1. The molecule has 0 fully saturated rings. The van der Waals surface area contributed by atoms with E-state index >= 15 is 0 Å². The van der Waals surface area contributed by atoms with Gasteiger partial charge in [-0.1, -0.05) is 19.3 Å². The number of carbonyl (C=O) groups is 1. The summed E-state index contributed by atoms with van der Waals surface area (Å²) in [5.41, 5.74) is 3.08. The van der Waals surface area contributed by atoms with Crippen LogP contribution in [0.5, 0.6) is 11.5 Å². The minimum atomic E-state index is -0.542. The Bertz CT molecular complexity index is 2300. The molecule has 0 saturated carbocycles. The number of aromatic nitrogens is 2. The standard InChI is InChI=1S/C19H15N3O5S.C16H11FN2OS.CH4/c1-21(11-23)16-7-3-13(9-17(16)22(24)25)4-8-19-20-15-6-5-14(27-12-26-2)10-18(15)28-19;1-18-13-5-2-10(8-12(13)17)3-7-16-19-14-6-4-11(20)9-15(14)21-16;/h3,5-7,9-11H,12H2,1-2H3;2,4-6,8-9,18,20H,1H3;1H4/i;17-1;. The lowest BCUT2D eigenvalue weighted by Crippen LogP contribution is -2.15. The summed E-state index contributed by atoms with van der Waals surface area (Å²) in [6.45, 7) is 0.158. The topological polar surface area (TPSA) is 140 Å². The Balaban J connectivity index is 0.000000229. The number of amides is 1. The molecule has 254 valence electrons. The van der Waals surface area contributed by atoms with Gasteiger partial charge in [-0.05, 0) is 78.6 Å². The van der Waals surface area contributed by atoms with E-state index in [1.54, 1.807) is 56.6 Å². The number of hydrogen-bond acceptors (Lipinski definition) is 11. The molecule has 14 heteroatoms. The Labute approximate surface area is 295 Å². The number of ether oxygens (including phenoxy) is 2. The largest absolute Gasteiger partial charge is 0.508 e. The number of phenolic OH excluding ortho intramolecular Hbond substituents is 1. The minimum Gasteiger partial charge on any atom is -0.508 e. The molecule has 4 aromatic carbocycles. The fourth-order valence-electron chi connectivity index (χ4n) is 4.29. The first kappa shape index (κ1) is 36.8. The second-order valence-corrected chi connectivity index (χ2v) is 12.1. The van der Waals surface area contributed by atoms with Gasteiger partial charge in [-0.25, -0.2) is 14.4 Å². The van der Waals surface area contributed by atoms with Crippen molar-refractivity contribution in [3.63, 3.8) is 0 Å². The monoisotopic (exact) mass is 710 g/mol. The van der Waals surface area contributed by atoms with E-state index in [4.69, 9.17) is 9.47 Å². The second kappa shape index (κ2) is 16.9. The van der Waals surface area contributed by atoms with Crippen LogP contribution in [0.25, 0.3) is 20.4 Å². The van der Waals surface area contributed by atoms with Gasteiger partial charge in [0.1, 0.15) is 23.0 Å². The Morgan fingerprint density at radius 1 is 0.940 bits per heavy atom. The molecule has 0 aliphatic heterocycles. The van der Waals surface area contributed by atoms with Crippen molar-refractivity contribution in [3.05, 3.63) is 110 Å². The molecule has 0 unspecified atom stereocenters. The summed E-state index contributed by atoms with van der Waals surface area (Å²) in [4.78, 5) is 31.6. The SMILES string of the molecule is C.CNc1ccc(C#Cc2nc3ccc(O)cc3s2)cc1[18F].COCOc1ccc2nc(C#Cc3ccc(N(C)C=O)c([N+](=O)[O-])c3)sc2c1. The Hall–Kier alpha value is -6.06. The summed E-state index contributed by atoms with van der Waals surface area (Å²) in [6.07, 6.45) is 0.513. The smallest absolute Gasteiger partial charge is 0.294 e. The first-order chi connectivity index (χ1) is 23.7. The van der Waals surface area contributed by atoms with Gasteiger partial charge in [0, 0.05) is 38.4 Å². The van der Waals surface area contributed by atoms with Gasteiger partial charge in [0.15, 0.2) is 16.8 Å². The number of fused-ring (bicyclic) bond motifs is 2. The van der Waals surface area contributed by atoms with Crippen LogP contribution in [0.1, 0.15) is 28.6 Å². The van der Waals surface area contributed by atoms with Gasteiger partial charge < -0.3 is 24.8 Å². The molecule has 50 heavy (non-hydrogen) atoms. The van der Waals surface area contributed by atoms with E-state index in [0.29, 0.717) is 39.0 Å². The molecule has 2 aromatic heterocycles. The number of nitrogens with zero attached hydrogens (tertiary/aromatic N) is 4. The maximum Gasteiger partial charge on any atom is 0.294 e. The van der Waals surface area contributed by atoms with Crippen LogP contribution >= 0.6 is 22.7 Å². The van der Waals surface area contributed by atoms with E-state index in [9.17, 15) is 24.4 Å². The average molecular weight is 711 g/mol. The normalized spacial score (nSPS) is 10.0. The highest BCUT2D eigenvalue weighted by Gasteiger charge is 2.17. The van der Waals surface area contributed by atoms with Gasteiger partial charge in [0.2, 0.25) is 6.41 Å². The van der Waals surface area contributed by atoms with E-state index < -0.39 is 4.92 Å². The number of rotatable bonds is 7. The van der Waals surface area contributed by atoms with Crippen molar-refractivity contribution in [2.45, 2.75) is 7.43 Å². The van der Waals surface area contributed by atoms with Gasteiger partial charge in [0.05, 0.1) is 31.0 Å². The van der Waals surface area contributed by atoms with Gasteiger partial charge in [0.25, 0.3) is 5.69 Å². The number of nitro benzene ring substituents is 1. The molecular weight excluding hydrogens is 681 g/mol. The lowest BCUT2D eigenvalue weighted by Gasteiger charge is -2.10. The summed E-state index contributed by atoms with van der Waals surface area (Å²) >= 11 is 2.78. The molecule has 0 spiro atoms. The minimum absolute atomic E-state index is 0. The van der Waals surface area contributed by atoms with E-state index in [1.165, 1.54) is 47.9 Å². The molecule has 2 heterocycles. The van der Waals surface area contributed by atoms with Gasteiger partial charge >= 0.3 is 0 Å². The van der Waals surface area contributed by atoms with Crippen LogP contribution in [-0.4, -0.2) is 54.4 Å². The van der Waals surface area contributed by atoms with Crippen molar-refractivity contribution >= 4 is 66.6 Å². The van der Waals surface area contributed by atoms with Gasteiger partial charge in [-0.2, -0.15) is 0 Å². The van der Waals surface area contributed by atoms with Crippen molar-refractivity contribution in [1.29, 1.82) is 0 Å². The van der Waals surface area contributed by atoms with Crippen LogP contribution in [0.15, 0.2) is 72.8 Å². The van der Waals surface area contributed by atoms with E-state index in [0.717, 1.165) is 25.3 Å². The highest BCUT2D eigenvalue weighted by molar-refractivity contribution is 7.19. The first-order valence-corrected chi connectivity index (χ1v) is 15.9. The number of methoxy groups -OCH3 is 1. The maximum absolute atomic E-state index is 13.6. The summed E-state index contributed by atoms with van der Waals surface area (Å²) < 4.78 is 25.7. The average Bonchev–Trinajstić information content (AvgIpc) is 3.71. The number of halogens is 1. The van der Waals surface area contributed by atoms with Gasteiger partial charge in [-0.3, -0.25) is 14.9 Å². The zero-order valence-electron chi connectivity index (χ0n) is 26.2. The number of anilines is 2. The van der Waals surface area contributed by atoms with Crippen LogP contribution in [0.2, 0.25) is 0 Å². The molecule has 0 saturated heterocycles. The highest BCUT2D eigenvalue weighted by Crippen LogP contribution is 2.29. The molecule has 6 rings (SSSR count). The number of carbonyl (C=O) groups excluding carboxylic acids is 1. The third-order valence-corrected chi connectivity index (χ3v) is 8.52. The molecule has 0 atom stereocenters. The van der Waals surface area contributed by atoms with Crippen LogP contribution in [0.4, 0.5) is 21.5 Å². The van der Waals surface area contributed by atoms with Crippen LogP contribution in [0.3, 0.4) is 0 Å².